The summed E-state index contributed by atoms with van der Waals surface area (Å²) < 4.78 is 1.01. The van der Waals surface area contributed by atoms with Crippen LogP contribution in [0.25, 0.3) is 10.2 Å². The van der Waals surface area contributed by atoms with Crippen LogP contribution in [0.3, 0.4) is 0 Å². The number of aromatic nitrogens is 1. The molecule has 3 N–H and O–H groups in total. The first-order valence-electron chi connectivity index (χ1n) is 10.6. The SMILES string of the molecule is CC(C)CC1NC(SCC(=O)Nc2nc3ccccc3s2)C2C(=O)N(C)C(=O)N(C)C2N1. The van der Waals surface area contributed by atoms with Crippen molar-refractivity contribution < 1.29 is 14.4 Å². The zero-order valence-corrected chi connectivity index (χ0v) is 20.1. The van der Waals surface area contributed by atoms with Gasteiger partial charge in [-0.2, -0.15) is 0 Å². The number of rotatable bonds is 6. The molecule has 1 aromatic heterocycles. The summed E-state index contributed by atoms with van der Waals surface area (Å²) in [6.45, 7) is 4.25. The average Bonchev–Trinajstić information content (AvgIpc) is 3.16. The first-order valence-corrected chi connectivity index (χ1v) is 12.4. The van der Waals surface area contributed by atoms with Gasteiger partial charge in [0.1, 0.15) is 0 Å². The first-order chi connectivity index (χ1) is 15.2. The molecule has 2 saturated heterocycles. The van der Waals surface area contributed by atoms with Gasteiger partial charge in [-0.05, 0) is 24.5 Å². The van der Waals surface area contributed by atoms with Crippen LogP contribution in [-0.2, 0) is 9.59 Å². The number of fused-ring (bicyclic) bond motifs is 2. The molecule has 2 aliphatic heterocycles. The van der Waals surface area contributed by atoms with Gasteiger partial charge in [0.15, 0.2) is 5.13 Å². The van der Waals surface area contributed by atoms with E-state index in [1.54, 1.807) is 11.9 Å². The van der Waals surface area contributed by atoms with E-state index >= 15 is 0 Å². The Morgan fingerprint density at radius 1 is 1.25 bits per heavy atom. The molecule has 2 fully saturated rings. The third-order valence-corrected chi connectivity index (χ3v) is 7.84. The van der Waals surface area contributed by atoms with Crippen molar-refractivity contribution in [1.82, 2.24) is 25.4 Å². The molecule has 4 atom stereocenters. The largest absolute Gasteiger partial charge is 0.327 e. The number of hydrogen-bond acceptors (Lipinski definition) is 8. The Labute approximate surface area is 195 Å². The number of thiazole rings is 1. The number of benzene rings is 1. The lowest BCUT2D eigenvalue weighted by Crippen LogP contribution is -2.74. The number of carbonyl (C=O) groups is 3. The van der Waals surface area contributed by atoms with Crippen molar-refractivity contribution in [3.63, 3.8) is 0 Å². The van der Waals surface area contributed by atoms with E-state index in [0.29, 0.717) is 11.0 Å². The zero-order chi connectivity index (χ0) is 23.0. The fraction of sp³-hybridized carbons (Fsp3) is 0.524. The van der Waals surface area contributed by atoms with Crippen molar-refractivity contribution in [2.45, 2.75) is 38.0 Å². The molecule has 2 aromatic rings. The highest BCUT2D eigenvalue weighted by molar-refractivity contribution is 8.00. The average molecular weight is 477 g/mol. The van der Waals surface area contributed by atoms with Gasteiger partial charge < -0.3 is 10.2 Å². The van der Waals surface area contributed by atoms with Gasteiger partial charge in [0.2, 0.25) is 11.8 Å². The topological polar surface area (TPSA) is 107 Å². The van der Waals surface area contributed by atoms with E-state index in [4.69, 9.17) is 0 Å². The second-order valence-electron chi connectivity index (χ2n) is 8.54. The molecule has 1 aromatic carbocycles. The summed E-state index contributed by atoms with van der Waals surface area (Å²) in [5.41, 5.74) is 0.850. The number of carbonyl (C=O) groups excluding carboxylic acids is 3. The fourth-order valence-electron chi connectivity index (χ4n) is 4.12. The maximum absolute atomic E-state index is 13.0. The van der Waals surface area contributed by atoms with Gasteiger partial charge in [0.05, 0.1) is 39.6 Å². The minimum atomic E-state index is -0.494. The summed E-state index contributed by atoms with van der Waals surface area (Å²) in [5, 5.41) is 10.0. The molecular weight excluding hydrogens is 448 g/mol. The molecule has 0 spiro atoms. The summed E-state index contributed by atoms with van der Waals surface area (Å²) in [4.78, 5) is 45.3. The quantitative estimate of drug-likeness (QED) is 0.587. The monoisotopic (exact) mass is 476 g/mol. The van der Waals surface area contributed by atoms with Crippen LogP contribution in [0.2, 0.25) is 0 Å². The Morgan fingerprint density at radius 2 is 2.00 bits per heavy atom. The number of anilines is 1. The lowest BCUT2D eigenvalue weighted by atomic mass is 9.95. The lowest BCUT2D eigenvalue weighted by Gasteiger charge is -2.50. The third-order valence-electron chi connectivity index (χ3n) is 5.67. The molecule has 0 saturated carbocycles. The Bertz CT molecular complexity index is 995. The van der Waals surface area contributed by atoms with Crippen LogP contribution in [0, 0.1) is 11.8 Å². The molecule has 9 nitrogen and oxygen atoms in total. The molecule has 0 bridgehead atoms. The van der Waals surface area contributed by atoms with E-state index in [-0.39, 0.29) is 35.1 Å². The van der Waals surface area contributed by atoms with E-state index in [0.717, 1.165) is 21.5 Å². The number of nitrogens with one attached hydrogen (secondary N) is 3. The highest BCUT2D eigenvalue weighted by Gasteiger charge is 2.50. The van der Waals surface area contributed by atoms with Gasteiger partial charge in [-0.3, -0.25) is 25.1 Å². The second kappa shape index (κ2) is 9.34. The third kappa shape index (κ3) is 4.61. The summed E-state index contributed by atoms with van der Waals surface area (Å²) in [7, 11) is 3.20. The minimum absolute atomic E-state index is 0.0625. The van der Waals surface area contributed by atoms with Gasteiger partial charge in [-0.1, -0.05) is 37.3 Å². The molecule has 11 heteroatoms. The summed E-state index contributed by atoms with van der Waals surface area (Å²) in [5.74, 6) is -0.323. The Morgan fingerprint density at radius 3 is 2.72 bits per heavy atom. The second-order valence-corrected chi connectivity index (χ2v) is 10.7. The maximum Gasteiger partial charge on any atom is 0.327 e. The summed E-state index contributed by atoms with van der Waals surface area (Å²) in [6.07, 6.45) is 0.359. The van der Waals surface area contributed by atoms with Gasteiger partial charge in [0.25, 0.3) is 0 Å². The number of para-hydroxylation sites is 1. The number of hydrogen-bond donors (Lipinski definition) is 3. The standard InChI is InChI=1S/C21H28N6O3S2/c1-11(2)9-14-23-17-16(19(29)27(4)21(30)26(17)3)18(24-14)31-10-15(28)25-20-22-12-7-5-6-8-13(12)32-20/h5-8,11,14,16-18,23-24H,9-10H2,1-4H3,(H,22,25,28). The predicted molar refractivity (Wildman–Crippen MR) is 127 cm³/mol. The molecule has 3 heterocycles. The Hall–Kier alpha value is -2.21. The van der Waals surface area contributed by atoms with E-state index in [1.165, 1.54) is 30.1 Å². The van der Waals surface area contributed by atoms with Crippen molar-refractivity contribution in [1.29, 1.82) is 0 Å². The molecule has 2 aliphatic rings. The highest BCUT2D eigenvalue weighted by Crippen LogP contribution is 2.32. The van der Waals surface area contributed by atoms with Crippen molar-refractivity contribution in [2.24, 2.45) is 11.8 Å². The number of urea groups is 1. The van der Waals surface area contributed by atoms with Crippen molar-refractivity contribution in [3.8, 4) is 0 Å². The maximum atomic E-state index is 13.0. The van der Waals surface area contributed by atoms with Crippen LogP contribution >= 0.6 is 23.1 Å². The van der Waals surface area contributed by atoms with Crippen molar-refractivity contribution in [2.75, 3.05) is 25.2 Å². The Kier molecular flexibility index (Phi) is 6.70. The van der Waals surface area contributed by atoms with Crippen molar-refractivity contribution in [3.05, 3.63) is 24.3 Å². The first kappa shape index (κ1) is 23.0. The van der Waals surface area contributed by atoms with Crippen LogP contribution in [0.4, 0.5) is 9.93 Å². The van der Waals surface area contributed by atoms with E-state index in [1.807, 2.05) is 24.3 Å². The van der Waals surface area contributed by atoms with Crippen LogP contribution < -0.4 is 16.0 Å². The molecule has 4 rings (SSSR count). The van der Waals surface area contributed by atoms with Gasteiger partial charge in [-0.15, -0.1) is 11.8 Å². The molecular formula is C21H28N6O3S2. The normalized spacial score (nSPS) is 26.0. The predicted octanol–water partition coefficient (Wildman–Crippen LogP) is 2.33. The smallest absolute Gasteiger partial charge is 0.311 e. The van der Waals surface area contributed by atoms with E-state index in [2.05, 4.69) is 34.8 Å². The van der Waals surface area contributed by atoms with Gasteiger partial charge in [-0.25, -0.2) is 9.78 Å². The molecule has 0 radical (unpaired) electrons. The van der Waals surface area contributed by atoms with E-state index < -0.39 is 12.1 Å². The van der Waals surface area contributed by atoms with Crippen molar-refractivity contribution >= 4 is 56.3 Å². The van der Waals surface area contributed by atoms with Gasteiger partial charge >= 0.3 is 6.03 Å². The summed E-state index contributed by atoms with van der Waals surface area (Å²) >= 11 is 2.82. The molecule has 0 aliphatic carbocycles. The molecule has 4 amide bonds. The fourth-order valence-corrected chi connectivity index (χ4v) is 6.14. The highest BCUT2D eigenvalue weighted by atomic mass is 32.2. The number of thioether (sulfide) groups is 1. The number of amides is 4. The van der Waals surface area contributed by atoms with Crippen LogP contribution in [0.5, 0.6) is 0 Å². The lowest BCUT2D eigenvalue weighted by molar-refractivity contribution is -0.140. The molecule has 32 heavy (non-hydrogen) atoms. The minimum Gasteiger partial charge on any atom is -0.311 e. The zero-order valence-electron chi connectivity index (χ0n) is 18.5. The Balaban J connectivity index is 1.46. The van der Waals surface area contributed by atoms with Crippen LogP contribution in [0.15, 0.2) is 24.3 Å². The van der Waals surface area contributed by atoms with Gasteiger partial charge in [0, 0.05) is 14.1 Å². The molecule has 172 valence electrons. The summed E-state index contributed by atoms with van der Waals surface area (Å²) in [6, 6.07) is 7.40. The van der Waals surface area contributed by atoms with Crippen LogP contribution in [0.1, 0.15) is 20.3 Å². The van der Waals surface area contributed by atoms with E-state index in [9.17, 15) is 14.4 Å². The molecule has 4 unspecified atom stereocenters. The number of nitrogens with zero attached hydrogens (tertiary/aromatic N) is 3. The number of imide groups is 1. The van der Waals surface area contributed by atoms with Crippen LogP contribution in [-0.4, -0.2) is 70.2 Å².